The van der Waals surface area contributed by atoms with E-state index in [1.54, 1.807) is 11.3 Å². The van der Waals surface area contributed by atoms with Crippen LogP contribution in [0.4, 0.5) is 16.5 Å². The first-order valence-electron chi connectivity index (χ1n) is 6.31. The van der Waals surface area contributed by atoms with Crippen molar-refractivity contribution in [2.75, 3.05) is 10.6 Å². The molecule has 106 valence electrons. The molecule has 0 saturated carbocycles. The highest BCUT2D eigenvalue weighted by Crippen LogP contribution is 2.30. The Morgan fingerprint density at radius 2 is 2.00 bits per heavy atom. The van der Waals surface area contributed by atoms with Crippen LogP contribution in [0.2, 0.25) is 0 Å². The van der Waals surface area contributed by atoms with E-state index in [0.717, 1.165) is 31.2 Å². The summed E-state index contributed by atoms with van der Waals surface area (Å²) in [4.78, 5) is 15.6. The van der Waals surface area contributed by atoms with Gasteiger partial charge in [-0.1, -0.05) is 33.3 Å². The Hall–Kier alpha value is -1.92. The molecule has 0 fully saturated rings. The number of anilines is 3. The minimum atomic E-state index is -0.0861. The van der Waals surface area contributed by atoms with Gasteiger partial charge in [-0.05, 0) is 36.4 Å². The summed E-state index contributed by atoms with van der Waals surface area (Å²) in [7, 11) is 0. The second-order valence-electron chi connectivity index (χ2n) is 4.52. The molecule has 0 saturated heterocycles. The van der Waals surface area contributed by atoms with Crippen LogP contribution in [0.25, 0.3) is 10.2 Å². The second kappa shape index (κ2) is 5.83. The smallest absolute Gasteiger partial charge is 0.221 e. The van der Waals surface area contributed by atoms with Crippen molar-refractivity contribution in [1.82, 2.24) is 4.98 Å². The lowest BCUT2D eigenvalue weighted by atomic mass is 10.3. The largest absolute Gasteiger partial charge is 0.331 e. The maximum Gasteiger partial charge on any atom is 0.221 e. The van der Waals surface area contributed by atoms with Crippen molar-refractivity contribution in [2.24, 2.45) is 0 Å². The SMILES string of the molecule is CC(=O)Nc1cccc(Nc2nc3cc(Br)ccc3s2)c1. The van der Waals surface area contributed by atoms with Crippen molar-refractivity contribution in [3.63, 3.8) is 0 Å². The highest BCUT2D eigenvalue weighted by Gasteiger charge is 2.05. The molecule has 3 aromatic rings. The number of aromatic nitrogens is 1. The molecule has 0 aliphatic rings. The van der Waals surface area contributed by atoms with Gasteiger partial charge in [0.25, 0.3) is 0 Å². The molecule has 6 heteroatoms. The van der Waals surface area contributed by atoms with Crippen molar-refractivity contribution in [3.05, 3.63) is 46.9 Å². The predicted molar refractivity (Wildman–Crippen MR) is 91.3 cm³/mol. The Morgan fingerprint density at radius 1 is 1.19 bits per heavy atom. The van der Waals surface area contributed by atoms with Crippen molar-refractivity contribution in [3.8, 4) is 0 Å². The van der Waals surface area contributed by atoms with Crippen LogP contribution >= 0.6 is 27.3 Å². The van der Waals surface area contributed by atoms with Gasteiger partial charge in [-0.25, -0.2) is 4.98 Å². The van der Waals surface area contributed by atoms with Crippen molar-refractivity contribution < 1.29 is 4.79 Å². The molecule has 0 spiro atoms. The molecule has 0 unspecified atom stereocenters. The fraction of sp³-hybridized carbons (Fsp3) is 0.0667. The zero-order chi connectivity index (χ0) is 14.8. The number of fused-ring (bicyclic) bond motifs is 1. The second-order valence-corrected chi connectivity index (χ2v) is 6.46. The zero-order valence-corrected chi connectivity index (χ0v) is 13.6. The first-order chi connectivity index (χ1) is 10.1. The number of hydrogen-bond acceptors (Lipinski definition) is 4. The Balaban J connectivity index is 1.86. The molecule has 21 heavy (non-hydrogen) atoms. The van der Waals surface area contributed by atoms with Crippen molar-refractivity contribution in [2.45, 2.75) is 6.92 Å². The summed E-state index contributed by atoms with van der Waals surface area (Å²) in [6.45, 7) is 1.49. The maximum absolute atomic E-state index is 11.1. The fourth-order valence-electron chi connectivity index (χ4n) is 1.96. The van der Waals surface area contributed by atoms with E-state index in [0.29, 0.717) is 0 Å². The first kappa shape index (κ1) is 14.0. The van der Waals surface area contributed by atoms with Crippen molar-refractivity contribution in [1.29, 1.82) is 0 Å². The summed E-state index contributed by atoms with van der Waals surface area (Å²) >= 11 is 5.04. The third-order valence-electron chi connectivity index (χ3n) is 2.78. The van der Waals surface area contributed by atoms with Crippen LogP contribution in [0, 0.1) is 0 Å². The molecule has 0 bridgehead atoms. The normalized spacial score (nSPS) is 10.6. The van der Waals surface area contributed by atoms with Gasteiger partial charge in [0.15, 0.2) is 5.13 Å². The number of carbonyl (C=O) groups is 1. The van der Waals surface area contributed by atoms with E-state index in [-0.39, 0.29) is 5.91 Å². The highest BCUT2D eigenvalue weighted by atomic mass is 79.9. The van der Waals surface area contributed by atoms with Gasteiger partial charge < -0.3 is 10.6 Å². The lowest BCUT2D eigenvalue weighted by molar-refractivity contribution is -0.114. The van der Waals surface area contributed by atoms with E-state index in [1.165, 1.54) is 6.92 Å². The summed E-state index contributed by atoms with van der Waals surface area (Å²) in [5.74, 6) is -0.0861. The Morgan fingerprint density at radius 3 is 2.81 bits per heavy atom. The number of amides is 1. The van der Waals surface area contributed by atoms with Gasteiger partial charge in [0, 0.05) is 22.8 Å². The number of nitrogens with one attached hydrogen (secondary N) is 2. The molecule has 0 aliphatic carbocycles. The monoisotopic (exact) mass is 361 g/mol. The molecular weight excluding hydrogens is 350 g/mol. The lowest BCUT2D eigenvalue weighted by Gasteiger charge is -2.06. The Kier molecular flexibility index (Phi) is 3.90. The van der Waals surface area contributed by atoms with Crippen LogP contribution in [0.1, 0.15) is 6.92 Å². The fourth-order valence-corrected chi connectivity index (χ4v) is 3.17. The van der Waals surface area contributed by atoms with Crippen LogP contribution < -0.4 is 10.6 Å². The maximum atomic E-state index is 11.1. The summed E-state index contributed by atoms with van der Waals surface area (Å²) < 4.78 is 2.14. The van der Waals surface area contributed by atoms with Gasteiger partial charge in [0.1, 0.15) is 0 Å². The molecule has 0 radical (unpaired) electrons. The van der Waals surface area contributed by atoms with Gasteiger partial charge in [-0.15, -0.1) is 0 Å². The minimum absolute atomic E-state index is 0.0861. The number of thiazole rings is 1. The third kappa shape index (κ3) is 3.40. The molecule has 2 aromatic carbocycles. The van der Waals surface area contributed by atoms with Gasteiger partial charge in [0.2, 0.25) is 5.91 Å². The minimum Gasteiger partial charge on any atom is -0.331 e. The summed E-state index contributed by atoms with van der Waals surface area (Å²) in [6, 6.07) is 13.6. The number of benzene rings is 2. The summed E-state index contributed by atoms with van der Waals surface area (Å²) in [5, 5.41) is 6.85. The van der Waals surface area contributed by atoms with E-state index in [1.807, 2.05) is 42.5 Å². The molecule has 4 nitrogen and oxygen atoms in total. The summed E-state index contributed by atoms with van der Waals surface area (Å²) in [6.07, 6.45) is 0. The van der Waals surface area contributed by atoms with E-state index < -0.39 is 0 Å². The van der Waals surface area contributed by atoms with Crippen molar-refractivity contribution >= 4 is 59.9 Å². The number of rotatable bonds is 3. The van der Waals surface area contributed by atoms with E-state index in [9.17, 15) is 4.79 Å². The van der Waals surface area contributed by atoms with Crippen LogP contribution in [0.3, 0.4) is 0 Å². The van der Waals surface area contributed by atoms with Gasteiger partial charge in [-0.2, -0.15) is 0 Å². The van der Waals surface area contributed by atoms with E-state index in [2.05, 4.69) is 31.5 Å². The van der Waals surface area contributed by atoms with E-state index >= 15 is 0 Å². The number of nitrogens with zero attached hydrogens (tertiary/aromatic N) is 1. The standard InChI is InChI=1S/C15H12BrN3OS/c1-9(20)17-11-3-2-4-12(8-11)18-15-19-13-7-10(16)5-6-14(13)21-15/h2-8H,1H3,(H,17,20)(H,18,19). The van der Waals surface area contributed by atoms with Gasteiger partial charge >= 0.3 is 0 Å². The van der Waals surface area contributed by atoms with Crippen LogP contribution in [-0.4, -0.2) is 10.9 Å². The van der Waals surface area contributed by atoms with Crippen LogP contribution in [0.15, 0.2) is 46.9 Å². The third-order valence-corrected chi connectivity index (χ3v) is 4.23. The quantitative estimate of drug-likeness (QED) is 0.706. The highest BCUT2D eigenvalue weighted by molar-refractivity contribution is 9.10. The summed E-state index contributed by atoms with van der Waals surface area (Å²) in [5.41, 5.74) is 2.60. The molecule has 1 amide bonds. The Labute approximate surface area is 134 Å². The molecular formula is C15H12BrN3OS. The van der Waals surface area contributed by atoms with Gasteiger partial charge in [-0.3, -0.25) is 4.79 Å². The lowest BCUT2D eigenvalue weighted by Crippen LogP contribution is -2.05. The van der Waals surface area contributed by atoms with Crippen LogP contribution in [0.5, 0.6) is 0 Å². The number of hydrogen-bond donors (Lipinski definition) is 2. The first-order valence-corrected chi connectivity index (χ1v) is 7.92. The zero-order valence-electron chi connectivity index (χ0n) is 11.2. The van der Waals surface area contributed by atoms with Gasteiger partial charge in [0.05, 0.1) is 10.2 Å². The topological polar surface area (TPSA) is 54.0 Å². The number of halogens is 1. The van der Waals surface area contributed by atoms with Crippen LogP contribution in [-0.2, 0) is 4.79 Å². The molecule has 3 rings (SSSR count). The Bertz CT molecular complexity index is 816. The molecule has 2 N–H and O–H groups in total. The predicted octanol–water partition coefficient (Wildman–Crippen LogP) is 4.76. The molecule has 1 aromatic heterocycles. The molecule has 1 heterocycles. The van der Waals surface area contributed by atoms with E-state index in [4.69, 9.17) is 0 Å². The molecule has 0 atom stereocenters. The number of carbonyl (C=O) groups excluding carboxylic acids is 1. The molecule has 0 aliphatic heterocycles. The average Bonchev–Trinajstić information content (AvgIpc) is 2.79. The average molecular weight is 362 g/mol.